The van der Waals surface area contributed by atoms with Crippen molar-refractivity contribution < 1.29 is 0 Å². The number of rotatable bonds is 6. The largest absolute Gasteiger partial charge is 0.308 e. The lowest BCUT2D eigenvalue weighted by molar-refractivity contribution is 1.17. The fourth-order valence-electron chi connectivity index (χ4n) is 10.5. The number of aromatic nitrogens is 1. The van der Waals surface area contributed by atoms with Gasteiger partial charge in [-0.05, 0) is 113 Å². The number of para-hydroxylation sites is 2. The van der Waals surface area contributed by atoms with Crippen molar-refractivity contribution >= 4 is 92.7 Å². The van der Waals surface area contributed by atoms with E-state index in [1.54, 1.807) is 0 Å². The molecule has 298 valence electrons. The molecular weight excluding hydrogens is 773 g/mol. The lowest BCUT2D eigenvalue weighted by Crippen LogP contribution is -2.12. The molecule has 1 aromatic heterocycles. The first-order chi connectivity index (χ1) is 31.8. The van der Waals surface area contributed by atoms with Crippen molar-refractivity contribution in [3.63, 3.8) is 0 Å². The Hall–Kier alpha value is -8.46. The van der Waals surface area contributed by atoms with Crippen LogP contribution in [0.25, 0.3) is 104 Å². The van der Waals surface area contributed by atoms with E-state index in [1.165, 1.54) is 92.4 Å². The molecule has 1 heterocycles. The predicted molar refractivity (Wildman–Crippen MR) is 274 cm³/mol. The molecule has 2 heteroatoms. The lowest BCUT2D eigenvalue weighted by atomic mass is 9.85. The Kier molecular flexibility index (Phi) is 8.25. The maximum absolute atomic E-state index is 2.54. The number of nitrogens with zero attached hydrogens (tertiary/aromatic N) is 2. The van der Waals surface area contributed by atoms with Gasteiger partial charge in [0.05, 0.1) is 22.4 Å². The van der Waals surface area contributed by atoms with Crippen LogP contribution >= 0.6 is 0 Å². The zero-order valence-electron chi connectivity index (χ0n) is 35.0. The molecule has 0 radical (unpaired) electrons. The van der Waals surface area contributed by atoms with Gasteiger partial charge in [0.15, 0.2) is 0 Å². The Labute approximate surface area is 371 Å². The third-order valence-corrected chi connectivity index (χ3v) is 13.3. The maximum Gasteiger partial charge on any atom is 0.0782 e. The standard InChI is InChI=1S/C62H40N2/c1-3-19-42(20-4-1)60-54-30-14-12-27-50(54)51-37-36-47(40-56(51)61(60)43-21-5-2-6-22-43)63(59-39-45-24-9-10-25-48(45)49-26-11-13-28-52(49)59)58-33-17-31-55-53-29-15-16-32-57(53)64(62(55)58)46-35-34-41-18-7-8-23-44(41)38-46/h1-40H. The summed E-state index contributed by atoms with van der Waals surface area (Å²) in [5.74, 6) is 0. The van der Waals surface area contributed by atoms with Crippen LogP contribution in [-0.4, -0.2) is 4.57 Å². The van der Waals surface area contributed by atoms with Gasteiger partial charge >= 0.3 is 0 Å². The van der Waals surface area contributed by atoms with Crippen molar-refractivity contribution in [3.8, 4) is 27.9 Å². The first kappa shape index (κ1) is 36.2. The van der Waals surface area contributed by atoms with Gasteiger partial charge in [-0.25, -0.2) is 0 Å². The highest BCUT2D eigenvalue weighted by Crippen LogP contribution is 2.50. The second-order valence-electron chi connectivity index (χ2n) is 16.8. The zero-order valence-corrected chi connectivity index (χ0v) is 35.0. The topological polar surface area (TPSA) is 8.17 Å². The minimum Gasteiger partial charge on any atom is -0.308 e. The molecule has 0 aliphatic rings. The second-order valence-corrected chi connectivity index (χ2v) is 16.8. The number of fused-ring (bicyclic) bond motifs is 10. The van der Waals surface area contributed by atoms with Gasteiger partial charge in [0, 0.05) is 27.5 Å². The number of benzene rings is 12. The van der Waals surface area contributed by atoms with Crippen molar-refractivity contribution in [2.45, 2.75) is 0 Å². The van der Waals surface area contributed by atoms with Crippen molar-refractivity contribution in [2.75, 3.05) is 4.90 Å². The quantitative estimate of drug-likeness (QED) is 0.152. The van der Waals surface area contributed by atoms with Crippen LogP contribution in [0.4, 0.5) is 17.1 Å². The highest BCUT2D eigenvalue weighted by Gasteiger charge is 2.25. The van der Waals surface area contributed by atoms with E-state index in [2.05, 4.69) is 252 Å². The average molecular weight is 813 g/mol. The Morgan fingerprint density at radius 3 is 1.58 bits per heavy atom. The molecule has 0 atom stereocenters. The van der Waals surface area contributed by atoms with Crippen LogP contribution in [0.15, 0.2) is 243 Å². The third kappa shape index (κ3) is 5.59. The van der Waals surface area contributed by atoms with E-state index in [0.29, 0.717) is 0 Å². The van der Waals surface area contributed by atoms with Gasteiger partial charge in [-0.3, -0.25) is 0 Å². The van der Waals surface area contributed by atoms with Crippen LogP contribution in [0.1, 0.15) is 0 Å². The molecule has 0 amide bonds. The molecule has 13 rings (SSSR count). The predicted octanol–water partition coefficient (Wildman–Crippen LogP) is 17.4. The van der Waals surface area contributed by atoms with Crippen molar-refractivity contribution in [3.05, 3.63) is 243 Å². The molecule has 64 heavy (non-hydrogen) atoms. The zero-order chi connectivity index (χ0) is 42.1. The first-order valence-electron chi connectivity index (χ1n) is 22.1. The van der Waals surface area contributed by atoms with Crippen molar-refractivity contribution in [1.82, 2.24) is 4.57 Å². The average Bonchev–Trinajstić information content (AvgIpc) is 3.71. The molecule has 12 aromatic carbocycles. The number of hydrogen-bond donors (Lipinski definition) is 0. The summed E-state index contributed by atoms with van der Waals surface area (Å²) in [4.78, 5) is 2.54. The van der Waals surface area contributed by atoms with E-state index in [0.717, 1.165) is 28.3 Å². The monoisotopic (exact) mass is 812 g/mol. The van der Waals surface area contributed by atoms with Gasteiger partial charge in [-0.1, -0.05) is 200 Å². The van der Waals surface area contributed by atoms with Gasteiger partial charge < -0.3 is 9.47 Å². The number of anilines is 3. The van der Waals surface area contributed by atoms with Crippen LogP contribution in [-0.2, 0) is 0 Å². The van der Waals surface area contributed by atoms with Crippen molar-refractivity contribution in [2.24, 2.45) is 0 Å². The molecule has 0 N–H and O–H groups in total. The van der Waals surface area contributed by atoms with E-state index < -0.39 is 0 Å². The molecule has 0 bridgehead atoms. The van der Waals surface area contributed by atoms with Gasteiger partial charge in [0.1, 0.15) is 0 Å². The van der Waals surface area contributed by atoms with Crippen LogP contribution in [0, 0.1) is 0 Å². The lowest BCUT2D eigenvalue weighted by Gasteiger charge is -2.30. The SMILES string of the molecule is c1ccc(-c2c(-c3ccccc3)c3cc(N(c4cc5ccccc5c5ccccc45)c4cccc5c6ccccc6n(-c6ccc7ccccc7c6)c45)ccc3c3ccccc23)cc1. The van der Waals surface area contributed by atoms with E-state index in [1.807, 2.05) is 0 Å². The molecule has 0 spiro atoms. The molecule has 13 aromatic rings. The fraction of sp³-hybridized carbons (Fsp3) is 0. The van der Waals surface area contributed by atoms with E-state index in [4.69, 9.17) is 0 Å². The minimum atomic E-state index is 1.09. The highest BCUT2D eigenvalue weighted by atomic mass is 15.2. The first-order valence-corrected chi connectivity index (χ1v) is 22.1. The molecule has 0 saturated carbocycles. The third-order valence-electron chi connectivity index (χ3n) is 13.3. The molecular formula is C62H40N2. The molecule has 0 fully saturated rings. The summed E-state index contributed by atoms with van der Waals surface area (Å²) in [6, 6.07) is 89.3. The number of hydrogen-bond acceptors (Lipinski definition) is 1. The molecule has 0 saturated heterocycles. The highest BCUT2D eigenvalue weighted by molar-refractivity contribution is 6.23. The second kappa shape index (κ2) is 14.6. The Bertz CT molecular complexity index is 3960. The summed E-state index contributed by atoms with van der Waals surface area (Å²) in [6.45, 7) is 0. The Morgan fingerprint density at radius 2 is 0.828 bits per heavy atom. The summed E-state index contributed by atoms with van der Waals surface area (Å²) < 4.78 is 2.49. The smallest absolute Gasteiger partial charge is 0.0782 e. The normalized spacial score (nSPS) is 11.8. The molecule has 0 aliphatic carbocycles. The van der Waals surface area contributed by atoms with E-state index >= 15 is 0 Å². The van der Waals surface area contributed by atoms with E-state index in [9.17, 15) is 0 Å². The molecule has 0 aliphatic heterocycles. The van der Waals surface area contributed by atoms with Crippen LogP contribution in [0.5, 0.6) is 0 Å². The van der Waals surface area contributed by atoms with Gasteiger partial charge in [-0.2, -0.15) is 0 Å². The fourth-order valence-corrected chi connectivity index (χ4v) is 10.5. The maximum atomic E-state index is 2.54. The van der Waals surface area contributed by atoms with Crippen LogP contribution in [0.3, 0.4) is 0 Å². The van der Waals surface area contributed by atoms with Crippen LogP contribution < -0.4 is 4.90 Å². The van der Waals surface area contributed by atoms with Crippen LogP contribution in [0.2, 0.25) is 0 Å². The molecule has 2 nitrogen and oxygen atoms in total. The Balaban J connectivity index is 1.20. The van der Waals surface area contributed by atoms with Gasteiger partial charge in [0.25, 0.3) is 0 Å². The summed E-state index contributed by atoms with van der Waals surface area (Å²) in [6.07, 6.45) is 0. The summed E-state index contributed by atoms with van der Waals surface area (Å²) in [5, 5.41) is 14.7. The summed E-state index contributed by atoms with van der Waals surface area (Å²) in [7, 11) is 0. The minimum absolute atomic E-state index is 1.09. The van der Waals surface area contributed by atoms with Gasteiger partial charge in [-0.15, -0.1) is 0 Å². The molecule has 0 unspecified atom stereocenters. The summed E-state index contributed by atoms with van der Waals surface area (Å²) in [5.41, 5.74) is 11.6. The van der Waals surface area contributed by atoms with Crippen molar-refractivity contribution in [1.29, 1.82) is 0 Å². The summed E-state index contributed by atoms with van der Waals surface area (Å²) >= 11 is 0. The van der Waals surface area contributed by atoms with E-state index in [-0.39, 0.29) is 0 Å². The van der Waals surface area contributed by atoms with Gasteiger partial charge in [0.2, 0.25) is 0 Å². The Morgan fingerprint density at radius 1 is 0.281 bits per heavy atom.